The van der Waals surface area contributed by atoms with E-state index in [-0.39, 0.29) is 5.91 Å². The summed E-state index contributed by atoms with van der Waals surface area (Å²) in [7, 11) is 0. The van der Waals surface area contributed by atoms with Gasteiger partial charge in [0, 0.05) is 24.0 Å². The monoisotopic (exact) mass is 386 g/mol. The lowest BCUT2D eigenvalue weighted by atomic mass is 10.1. The SMILES string of the molecule is Cc1ccc(CNC(=O)c2cnc(Nc3ccc(Cl)cc3Cl)nc2)cc1. The Morgan fingerprint density at radius 3 is 2.38 bits per heavy atom. The van der Waals surface area contributed by atoms with Crippen molar-refractivity contribution < 1.29 is 4.79 Å². The summed E-state index contributed by atoms with van der Waals surface area (Å²) in [5.41, 5.74) is 3.22. The van der Waals surface area contributed by atoms with Gasteiger partial charge in [0.05, 0.1) is 16.3 Å². The molecule has 2 N–H and O–H groups in total. The molecule has 0 aliphatic carbocycles. The van der Waals surface area contributed by atoms with Gasteiger partial charge in [-0.25, -0.2) is 9.97 Å². The first-order chi connectivity index (χ1) is 12.5. The molecule has 1 heterocycles. The second kappa shape index (κ2) is 8.17. The molecule has 2 aromatic carbocycles. The lowest BCUT2D eigenvalue weighted by Gasteiger charge is -2.08. The Morgan fingerprint density at radius 2 is 1.73 bits per heavy atom. The van der Waals surface area contributed by atoms with Gasteiger partial charge < -0.3 is 10.6 Å². The first kappa shape index (κ1) is 18.2. The summed E-state index contributed by atoms with van der Waals surface area (Å²) in [4.78, 5) is 20.5. The van der Waals surface area contributed by atoms with Gasteiger partial charge in [-0.3, -0.25) is 4.79 Å². The van der Waals surface area contributed by atoms with Gasteiger partial charge in [0.2, 0.25) is 5.95 Å². The summed E-state index contributed by atoms with van der Waals surface area (Å²) in [5.74, 6) is 0.103. The highest BCUT2D eigenvalue weighted by Crippen LogP contribution is 2.27. The maximum absolute atomic E-state index is 12.2. The summed E-state index contributed by atoms with van der Waals surface area (Å²) in [6.45, 7) is 2.46. The molecule has 0 saturated carbocycles. The van der Waals surface area contributed by atoms with Crippen LogP contribution in [0, 0.1) is 6.92 Å². The molecule has 1 amide bonds. The van der Waals surface area contributed by atoms with Crippen molar-refractivity contribution in [1.29, 1.82) is 0 Å². The Labute approximate surface area is 161 Å². The summed E-state index contributed by atoms with van der Waals surface area (Å²) >= 11 is 12.0. The molecule has 0 spiro atoms. The van der Waals surface area contributed by atoms with Crippen LogP contribution in [-0.4, -0.2) is 15.9 Å². The van der Waals surface area contributed by atoms with Gasteiger partial charge in [-0.05, 0) is 30.7 Å². The molecule has 0 bridgehead atoms. The second-order valence-electron chi connectivity index (χ2n) is 5.71. The van der Waals surface area contributed by atoms with Crippen molar-refractivity contribution >= 4 is 40.7 Å². The molecule has 1 aromatic heterocycles. The lowest BCUT2D eigenvalue weighted by molar-refractivity contribution is 0.0950. The van der Waals surface area contributed by atoms with Crippen LogP contribution in [0.15, 0.2) is 54.9 Å². The largest absolute Gasteiger partial charge is 0.348 e. The highest BCUT2D eigenvalue weighted by molar-refractivity contribution is 6.36. The van der Waals surface area contributed by atoms with E-state index in [1.807, 2.05) is 31.2 Å². The average molecular weight is 387 g/mol. The Balaban J connectivity index is 1.61. The van der Waals surface area contributed by atoms with Crippen molar-refractivity contribution in [2.45, 2.75) is 13.5 Å². The number of carbonyl (C=O) groups excluding carboxylic acids is 1. The lowest BCUT2D eigenvalue weighted by Crippen LogP contribution is -2.23. The second-order valence-corrected chi connectivity index (χ2v) is 6.56. The van der Waals surface area contributed by atoms with Crippen LogP contribution in [0.5, 0.6) is 0 Å². The van der Waals surface area contributed by atoms with Crippen molar-refractivity contribution in [2.24, 2.45) is 0 Å². The minimum Gasteiger partial charge on any atom is -0.348 e. The highest BCUT2D eigenvalue weighted by atomic mass is 35.5. The van der Waals surface area contributed by atoms with Gasteiger partial charge in [-0.15, -0.1) is 0 Å². The number of nitrogens with one attached hydrogen (secondary N) is 2. The van der Waals surface area contributed by atoms with E-state index in [1.54, 1.807) is 18.2 Å². The Hall–Kier alpha value is -2.63. The predicted molar refractivity (Wildman–Crippen MR) is 104 cm³/mol. The van der Waals surface area contributed by atoms with E-state index in [2.05, 4.69) is 20.6 Å². The van der Waals surface area contributed by atoms with Crippen molar-refractivity contribution in [3.05, 3.63) is 81.6 Å². The fraction of sp³-hybridized carbons (Fsp3) is 0.105. The number of halogens is 2. The third-order valence-corrected chi connectivity index (χ3v) is 4.21. The van der Waals surface area contributed by atoms with E-state index >= 15 is 0 Å². The van der Waals surface area contributed by atoms with Crippen molar-refractivity contribution in [2.75, 3.05) is 5.32 Å². The zero-order chi connectivity index (χ0) is 18.5. The summed E-state index contributed by atoms with van der Waals surface area (Å²) in [6, 6.07) is 13.0. The Morgan fingerprint density at radius 1 is 1.04 bits per heavy atom. The number of aromatic nitrogens is 2. The first-order valence-corrected chi connectivity index (χ1v) is 8.65. The molecule has 0 aliphatic heterocycles. The van der Waals surface area contributed by atoms with E-state index in [1.165, 1.54) is 18.0 Å². The van der Waals surface area contributed by atoms with Gasteiger partial charge in [-0.1, -0.05) is 53.0 Å². The molecule has 132 valence electrons. The molecule has 7 heteroatoms. The Bertz CT molecular complexity index is 912. The molecule has 0 saturated heterocycles. The molecule has 0 unspecified atom stereocenters. The van der Waals surface area contributed by atoms with Gasteiger partial charge in [0.15, 0.2) is 0 Å². The quantitative estimate of drug-likeness (QED) is 0.662. The fourth-order valence-electron chi connectivity index (χ4n) is 2.21. The number of benzene rings is 2. The number of amides is 1. The molecule has 5 nitrogen and oxygen atoms in total. The molecule has 0 aliphatic rings. The molecule has 3 rings (SSSR count). The zero-order valence-electron chi connectivity index (χ0n) is 14.0. The number of hydrogen-bond donors (Lipinski definition) is 2. The van der Waals surface area contributed by atoms with Crippen LogP contribution in [-0.2, 0) is 6.54 Å². The third kappa shape index (κ3) is 4.71. The topological polar surface area (TPSA) is 66.9 Å². The molecule has 0 radical (unpaired) electrons. The summed E-state index contributed by atoms with van der Waals surface area (Å²) < 4.78 is 0. The number of aryl methyl sites for hydroxylation is 1. The van der Waals surface area contributed by atoms with Gasteiger partial charge in [0.25, 0.3) is 5.91 Å². The number of rotatable bonds is 5. The highest BCUT2D eigenvalue weighted by Gasteiger charge is 2.08. The normalized spacial score (nSPS) is 10.4. The van der Waals surface area contributed by atoms with Crippen LogP contribution >= 0.6 is 23.2 Å². The van der Waals surface area contributed by atoms with Crippen molar-refractivity contribution in [3.8, 4) is 0 Å². The van der Waals surface area contributed by atoms with Gasteiger partial charge >= 0.3 is 0 Å². The van der Waals surface area contributed by atoms with E-state index < -0.39 is 0 Å². The van der Waals surface area contributed by atoms with Crippen LogP contribution in [0.25, 0.3) is 0 Å². The number of carbonyl (C=O) groups is 1. The van der Waals surface area contributed by atoms with E-state index in [0.29, 0.717) is 33.8 Å². The average Bonchev–Trinajstić information content (AvgIpc) is 2.64. The molecular formula is C19H16Cl2N4O. The van der Waals surface area contributed by atoms with Crippen molar-refractivity contribution in [3.63, 3.8) is 0 Å². The fourth-order valence-corrected chi connectivity index (χ4v) is 2.67. The number of nitrogens with zero attached hydrogens (tertiary/aromatic N) is 2. The standard InChI is InChI=1S/C19H16Cl2N4O/c1-12-2-4-13(5-3-12)9-22-18(26)14-10-23-19(24-11-14)25-17-7-6-15(20)8-16(17)21/h2-8,10-11H,9H2,1H3,(H,22,26)(H,23,24,25). The Kier molecular flexibility index (Phi) is 5.71. The van der Waals surface area contributed by atoms with E-state index in [4.69, 9.17) is 23.2 Å². The van der Waals surface area contributed by atoms with Crippen LogP contribution in [0.4, 0.5) is 11.6 Å². The number of anilines is 2. The molecule has 0 atom stereocenters. The van der Waals surface area contributed by atoms with Gasteiger partial charge in [-0.2, -0.15) is 0 Å². The molecular weight excluding hydrogens is 371 g/mol. The van der Waals surface area contributed by atoms with Crippen LogP contribution in [0.2, 0.25) is 10.0 Å². The minimum absolute atomic E-state index is 0.235. The number of hydrogen-bond acceptors (Lipinski definition) is 4. The van der Waals surface area contributed by atoms with E-state index in [9.17, 15) is 4.79 Å². The van der Waals surface area contributed by atoms with Gasteiger partial charge in [0.1, 0.15) is 0 Å². The maximum atomic E-state index is 12.2. The zero-order valence-corrected chi connectivity index (χ0v) is 15.5. The maximum Gasteiger partial charge on any atom is 0.254 e. The summed E-state index contributed by atoms with van der Waals surface area (Å²) in [6.07, 6.45) is 2.92. The smallest absolute Gasteiger partial charge is 0.254 e. The summed E-state index contributed by atoms with van der Waals surface area (Å²) in [5, 5.41) is 6.83. The first-order valence-electron chi connectivity index (χ1n) is 7.89. The predicted octanol–water partition coefficient (Wildman–Crippen LogP) is 4.77. The van der Waals surface area contributed by atoms with Crippen LogP contribution in [0.1, 0.15) is 21.5 Å². The third-order valence-electron chi connectivity index (χ3n) is 3.67. The van der Waals surface area contributed by atoms with E-state index in [0.717, 1.165) is 5.56 Å². The molecule has 26 heavy (non-hydrogen) atoms. The van der Waals surface area contributed by atoms with Crippen molar-refractivity contribution in [1.82, 2.24) is 15.3 Å². The minimum atomic E-state index is -0.235. The van der Waals surface area contributed by atoms with Crippen LogP contribution < -0.4 is 10.6 Å². The van der Waals surface area contributed by atoms with Crippen LogP contribution in [0.3, 0.4) is 0 Å². The molecule has 0 fully saturated rings. The molecule has 3 aromatic rings.